The molecule has 5 heteroatoms. The number of carboxylic acids is 1. The number of piperidine rings is 1. The first-order valence-corrected chi connectivity index (χ1v) is 7.95. The Labute approximate surface area is 134 Å². The first-order chi connectivity index (χ1) is 10.9. The zero-order chi connectivity index (χ0) is 16.7. The maximum atomic E-state index is 12.9. The number of fused-ring (bicyclic) bond motifs is 1. The molecule has 3 rings (SSSR count). The molecule has 0 radical (unpaired) electrons. The van der Waals surface area contributed by atoms with Gasteiger partial charge in [-0.15, -0.1) is 0 Å². The van der Waals surface area contributed by atoms with Crippen molar-refractivity contribution in [3.63, 3.8) is 0 Å². The molecule has 0 spiro atoms. The summed E-state index contributed by atoms with van der Waals surface area (Å²) in [6, 6.07) is 3.22. The summed E-state index contributed by atoms with van der Waals surface area (Å²) in [5, 5.41) is 10.3. The van der Waals surface area contributed by atoms with Crippen LogP contribution in [0.4, 0.5) is 0 Å². The van der Waals surface area contributed by atoms with E-state index < -0.39 is 12.0 Å². The Kier molecular flexibility index (Phi) is 3.88. The van der Waals surface area contributed by atoms with Crippen LogP contribution in [0.3, 0.4) is 0 Å². The predicted octanol–water partition coefficient (Wildman–Crippen LogP) is 3.44. The lowest BCUT2D eigenvalue weighted by Gasteiger charge is -2.32. The normalized spacial score (nSPS) is 18.4. The maximum Gasteiger partial charge on any atom is 0.326 e. The quantitative estimate of drug-likeness (QED) is 0.921. The molecule has 1 fully saturated rings. The van der Waals surface area contributed by atoms with Crippen molar-refractivity contribution in [2.45, 2.75) is 46.1 Å². The van der Waals surface area contributed by atoms with Crippen molar-refractivity contribution >= 4 is 22.8 Å². The Morgan fingerprint density at radius 1 is 1.17 bits per heavy atom. The van der Waals surface area contributed by atoms with Gasteiger partial charge in [-0.05, 0) is 51.2 Å². The SMILES string of the molecule is Cc1ccc(C)c2c(C)c(C(=O)N3CCCCC3C(=O)O)oc12. The largest absolute Gasteiger partial charge is 0.480 e. The van der Waals surface area contributed by atoms with Crippen LogP contribution in [0, 0.1) is 20.8 Å². The van der Waals surface area contributed by atoms with Gasteiger partial charge in [-0.3, -0.25) is 4.79 Å². The van der Waals surface area contributed by atoms with Crippen molar-refractivity contribution in [3.8, 4) is 0 Å². The Morgan fingerprint density at radius 3 is 2.52 bits per heavy atom. The minimum absolute atomic E-state index is 0.269. The number of hydrogen-bond donors (Lipinski definition) is 1. The number of rotatable bonds is 2. The van der Waals surface area contributed by atoms with Crippen LogP contribution >= 0.6 is 0 Å². The smallest absolute Gasteiger partial charge is 0.326 e. The van der Waals surface area contributed by atoms with Crippen LogP contribution in [0.2, 0.25) is 0 Å². The monoisotopic (exact) mass is 315 g/mol. The van der Waals surface area contributed by atoms with Crippen LogP contribution in [0.1, 0.15) is 46.5 Å². The second kappa shape index (κ2) is 5.72. The van der Waals surface area contributed by atoms with Gasteiger partial charge in [0.25, 0.3) is 5.91 Å². The lowest BCUT2D eigenvalue weighted by atomic mass is 10.0. The number of furan rings is 1. The van der Waals surface area contributed by atoms with Gasteiger partial charge in [0.2, 0.25) is 0 Å². The summed E-state index contributed by atoms with van der Waals surface area (Å²) in [5.74, 6) is -0.991. The lowest BCUT2D eigenvalue weighted by Crippen LogP contribution is -2.48. The van der Waals surface area contributed by atoms with Crippen molar-refractivity contribution in [1.82, 2.24) is 4.90 Å². The van der Waals surface area contributed by atoms with Crippen molar-refractivity contribution in [2.24, 2.45) is 0 Å². The zero-order valence-corrected chi connectivity index (χ0v) is 13.7. The molecule has 5 nitrogen and oxygen atoms in total. The van der Waals surface area contributed by atoms with E-state index in [1.165, 1.54) is 4.90 Å². The van der Waals surface area contributed by atoms with Crippen molar-refractivity contribution in [3.05, 3.63) is 34.6 Å². The highest BCUT2D eigenvalue weighted by atomic mass is 16.4. The zero-order valence-electron chi connectivity index (χ0n) is 13.7. The number of aliphatic carboxylic acids is 1. The van der Waals surface area contributed by atoms with Crippen LogP contribution < -0.4 is 0 Å². The maximum absolute atomic E-state index is 12.9. The molecule has 122 valence electrons. The average molecular weight is 315 g/mol. The van der Waals surface area contributed by atoms with Gasteiger partial charge < -0.3 is 14.4 Å². The molecule has 1 amide bonds. The first-order valence-electron chi connectivity index (χ1n) is 7.95. The molecule has 1 unspecified atom stereocenters. The second-order valence-electron chi connectivity index (χ2n) is 6.31. The average Bonchev–Trinajstić information content (AvgIpc) is 2.89. The van der Waals surface area contributed by atoms with Gasteiger partial charge in [0.05, 0.1) is 0 Å². The van der Waals surface area contributed by atoms with Crippen molar-refractivity contribution < 1.29 is 19.1 Å². The molecule has 1 aromatic carbocycles. The minimum atomic E-state index is -0.945. The van der Waals surface area contributed by atoms with Gasteiger partial charge in [-0.2, -0.15) is 0 Å². The highest BCUT2D eigenvalue weighted by Gasteiger charge is 2.35. The van der Waals surface area contributed by atoms with Gasteiger partial charge in [0.1, 0.15) is 11.6 Å². The number of carbonyl (C=O) groups is 2. The Bertz CT molecular complexity index is 790. The van der Waals surface area contributed by atoms with Crippen molar-refractivity contribution in [2.75, 3.05) is 6.54 Å². The summed E-state index contributed by atoms with van der Waals surface area (Å²) >= 11 is 0. The van der Waals surface area contributed by atoms with Gasteiger partial charge in [-0.25, -0.2) is 4.79 Å². The summed E-state index contributed by atoms with van der Waals surface area (Å²) < 4.78 is 5.87. The molecule has 2 heterocycles. The number of benzene rings is 1. The van der Waals surface area contributed by atoms with E-state index in [0.717, 1.165) is 40.5 Å². The van der Waals surface area contributed by atoms with Crippen molar-refractivity contribution in [1.29, 1.82) is 0 Å². The number of aryl methyl sites for hydroxylation is 3. The topological polar surface area (TPSA) is 70.8 Å². The van der Waals surface area contributed by atoms with E-state index in [1.807, 2.05) is 32.9 Å². The lowest BCUT2D eigenvalue weighted by molar-refractivity contribution is -0.143. The molecule has 1 aliphatic heterocycles. The fourth-order valence-corrected chi connectivity index (χ4v) is 3.44. The number of carbonyl (C=O) groups excluding carboxylic acids is 1. The summed E-state index contributed by atoms with van der Waals surface area (Å²) in [5.41, 5.74) is 3.54. The molecular formula is C18H21NO4. The summed E-state index contributed by atoms with van der Waals surface area (Å²) in [4.78, 5) is 25.8. The molecule has 0 saturated carbocycles. The minimum Gasteiger partial charge on any atom is -0.480 e. The number of carboxylic acid groups (broad SMARTS) is 1. The summed E-state index contributed by atoms with van der Waals surface area (Å²) in [6.07, 6.45) is 2.16. The number of likely N-dealkylation sites (tertiary alicyclic amines) is 1. The highest BCUT2D eigenvalue weighted by Crippen LogP contribution is 2.32. The van der Waals surface area contributed by atoms with E-state index in [0.29, 0.717) is 13.0 Å². The number of hydrogen-bond acceptors (Lipinski definition) is 3. The summed E-state index contributed by atoms with van der Waals surface area (Å²) in [7, 11) is 0. The molecule has 1 aliphatic rings. The Hall–Kier alpha value is -2.30. The molecule has 1 aromatic heterocycles. The number of amides is 1. The van der Waals surface area contributed by atoms with E-state index in [-0.39, 0.29) is 11.7 Å². The highest BCUT2D eigenvalue weighted by molar-refractivity contribution is 6.01. The molecule has 1 atom stereocenters. The van der Waals surface area contributed by atoms with E-state index in [1.54, 1.807) is 0 Å². The van der Waals surface area contributed by atoms with Crippen LogP contribution in [0.25, 0.3) is 11.0 Å². The van der Waals surface area contributed by atoms with E-state index in [2.05, 4.69) is 0 Å². The van der Waals surface area contributed by atoms with Crippen LogP contribution in [0.5, 0.6) is 0 Å². The van der Waals surface area contributed by atoms with Crippen LogP contribution in [-0.2, 0) is 4.79 Å². The predicted molar refractivity (Wildman–Crippen MR) is 86.7 cm³/mol. The first kappa shape index (κ1) is 15.6. The van der Waals surface area contributed by atoms with Crippen LogP contribution in [-0.4, -0.2) is 34.5 Å². The van der Waals surface area contributed by atoms with Crippen LogP contribution in [0.15, 0.2) is 16.5 Å². The second-order valence-corrected chi connectivity index (χ2v) is 6.31. The molecule has 0 bridgehead atoms. The van der Waals surface area contributed by atoms with Gasteiger partial charge >= 0.3 is 5.97 Å². The number of nitrogens with zero attached hydrogens (tertiary/aromatic N) is 1. The third kappa shape index (κ3) is 2.50. The van der Waals surface area contributed by atoms with Gasteiger partial charge in [0.15, 0.2) is 5.76 Å². The molecule has 0 aliphatic carbocycles. The standard InChI is InChI=1S/C18H21NO4/c1-10-7-8-11(2)15-14(10)12(3)16(23-15)17(20)19-9-5-4-6-13(19)18(21)22/h7-8,13H,4-6,9H2,1-3H3,(H,21,22). The van der Waals surface area contributed by atoms with Gasteiger partial charge in [0, 0.05) is 17.5 Å². The van der Waals surface area contributed by atoms with E-state index in [4.69, 9.17) is 4.42 Å². The Morgan fingerprint density at radius 2 is 1.87 bits per heavy atom. The molecule has 23 heavy (non-hydrogen) atoms. The third-order valence-electron chi connectivity index (χ3n) is 4.73. The van der Waals surface area contributed by atoms with Gasteiger partial charge in [-0.1, -0.05) is 12.1 Å². The Balaban J connectivity index is 2.07. The summed E-state index contributed by atoms with van der Waals surface area (Å²) in [6.45, 7) is 6.26. The fraction of sp³-hybridized carbons (Fsp3) is 0.444. The third-order valence-corrected chi connectivity index (χ3v) is 4.73. The van der Waals surface area contributed by atoms with E-state index in [9.17, 15) is 14.7 Å². The molecule has 2 aromatic rings. The fourth-order valence-electron chi connectivity index (χ4n) is 3.44. The molecule has 1 saturated heterocycles. The molecule has 1 N–H and O–H groups in total. The van der Waals surface area contributed by atoms with E-state index >= 15 is 0 Å². The molecular weight excluding hydrogens is 294 g/mol.